The van der Waals surface area contributed by atoms with Gasteiger partial charge in [0.15, 0.2) is 5.82 Å². The Kier molecular flexibility index (Phi) is 3.35. The Hall–Kier alpha value is -2.73. The first kappa shape index (κ1) is 14.8. The third-order valence-corrected chi connectivity index (χ3v) is 4.45. The lowest BCUT2D eigenvalue weighted by atomic mass is 10.1. The highest BCUT2D eigenvalue weighted by atomic mass is 35.5. The SMILES string of the molecule is CNc1nc2[nH]c(-c3ccc(Cl)c(OC)c3)cc2c2c1ncn2C. The standard InChI is InChI=1S/C17H16ClN5O/c1-19-17-14-15(23(2)8-20-14)10-7-12(21-16(10)22-17)9-4-5-11(18)13(6-9)24-3/h4-8H,1-3H3,(H2,19,21,22). The number of anilines is 1. The summed E-state index contributed by atoms with van der Waals surface area (Å²) < 4.78 is 7.31. The maximum absolute atomic E-state index is 6.12. The molecule has 2 N–H and O–H groups in total. The number of imidazole rings is 1. The van der Waals surface area contributed by atoms with Crippen LogP contribution in [0, 0.1) is 0 Å². The number of fused-ring (bicyclic) bond motifs is 3. The van der Waals surface area contributed by atoms with Crippen molar-refractivity contribution in [3.63, 3.8) is 0 Å². The maximum Gasteiger partial charge on any atom is 0.156 e. The fourth-order valence-electron chi connectivity index (χ4n) is 2.96. The van der Waals surface area contributed by atoms with Gasteiger partial charge < -0.3 is 19.6 Å². The summed E-state index contributed by atoms with van der Waals surface area (Å²) in [6.07, 6.45) is 1.80. The van der Waals surface area contributed by atoms with Gasteiger partial charge in [-0.1, -0.05) is 17.7 Å². The molecule has 0 saturated carbocycles. The van der Waals surface area contributed by atoms with Crippen molar-refractivity contribution in [2.45, 2.75) is 0 Å². The first-order valence-electron chi connectivity index (χ1n) is 7.47. The quantitative estimate of drug-likeness (QED) is 0.594. The fraction of sp³-hybridized carbons (Fsp3) is 0.176. The van der Waals surface area contributed by atoms with Gasteiger partial charge in [0.2, 0.25) is 0 Å². The van der Waals surface area contributed by atoms with E-state index in [4.69, 9.17) is 16.3 Å². The van der Waals surface area contributed by atoms with Crippen molar-refractivity contribution in [3.8, 4) is 17.0 Å². The molecule has 4 aromatic rings. The van der Waals surface area contributed by atoms with Gasteiger partial charge in [0.05, 0.1) is 24.0 Å². The molecule has 0 radical (unpaired) electrons. The zero-order chi connectivity index (χ0) is 16.8. The summed E-state index contributed by atoms with van der Waals surface area (Å²) in [5.74, 6) is 1.39. The molecule has 3 aromatic heterocycles. The summed E-state index contributed by atoms with van der Waals surface area (Å²) in [5, 5.41) is 4.71. The number of H-pyrrole nitrogens is 1. The van der Waals surface area contributed by atoms with Crippen LogP contribution >= 0.6 is 11.6 Å². The lowest BCUT2D eigenvalue weighted by Crippen LogP contribution is -1.95. The Labute approximate surface area is 143 Å². The maximum atomic E-state index is 6.12. The number of methoxy groups -OCH3 is 1. The number of nitrogens with one attached hydrogen (secondary N) is 2. The van der Waals surface area contributed by atoms with Crippen LogP contribution in [-0.2, 0) is 7.05 Å². The summed E-state index contributed by atoms with van der Waals surface area (Å²) in [5.41, 5.74) is 4.62. The van der Waals surface area contributed by atoms with Crippen LogP contribution in [0.15, 0.2) is 30.6 Å². The van der Waals surface area contributed by atoms with Gasteiger partial charge in [0, 0.05) is 30.7 Å². The molecule has 0 aliphatic rings. The van der Waals surface area contributed by atoms with Crippen LogP contribution in [0.25, 0.3) is 33.3 Å². The Morgan fingerprint density at radius 2 is 2.12 bits per heavy atom. The topological polar surface area (TPSA) is 67.8 Å². The number of hydrogen-bond acceptors (Lipinski definition) is 4. The van der Waals surface area contributed by atoms with Gasteiger partial charge in [-0.05, 0) is 18.2 Å². The number of hydrogen-bond donors (Lipinski definition) is 2. The van der Waals surface area contributed by atoms with Crippen LogP contribution < -0.4 is 10.1 Å². The van der Waals surface area contributed by atoms with Gasteiger partial charge in [-0.25, -0.2) is 9.97 Å². The van der Waals surface area contributed by atoms with E-state index < -0.39 is 0 Å². The largest absolute Gasteiger partial charge is 0.495 e. The number of pyridine rings is 1. The molecule has 0 aliphatic carbocycles. The molecule has 0 bridgehead atoms. The van der Waals surface area contributed by atoms with Gasteiger partial charge in [0.25, 0.3) is 0 Å². The van der Waals surface area contributed by atoms with Crippen LogP contribution in [-0.4, -0.2) is 33.7 Å². The summed E-state index contributed by atoms with van der Waals surface area (Å²) >= 11 is 6.12. The Morgan fingerprint density at radius 1 is 1.29 bits per heavy atom. The lowest BCUT2D eigenvalue weighted by Gasteiger charge is -2.04. The van der Waals surface area contributed by atoms with E-state index in [1.54, 1.807) is 13.4 Å². The minimum Gasteiger partial charge on any atom is -0.495 e. The highest BCUT2D eigenvalue weighted by Gasteiger charge is 2.15. The molecule has 0 saturated heterocycles. The molecule has 6 nitrogen and oxygen atoms in total. The molecule has 4 rings (SSSR count). The molecule has 24 heavy (non-hydrogen) atoms. The molecule has 122 valence electrons. The van der Waals surface area contributed by atoms with Crippen LogP contribution in [0.5, 0.6) is 5.75 Å². The van der Waals surface area contributed by atoms with Gasteiger partial charge in [-0.3, -0.25) is 0 Å². The molecule has 0 aliphatic heterocycles. The Morgan fingerprint density at radius 3 is 2.88 bits per heavy atom. The van der Waals surface area contributed by atoms with Crippen molar-refractivity contribution < 1.29 is 4.74 Å². The van der Waals surface area contributed by atoms with E-state index in [0.717, 1.165) is 39.1 Å². The van der Waals surface area contributed by atoms with Crippen molar-refractivity contribution in [2.75, 3.05) is 19.5 Å². The number of aromatic nitrogens is 4. The average Bonchev–Trinajstić information content (AvgIpc) is 3.18. The molecule has 0 amide bonds. The minimum absolute atomic E-state index is 0.585. The van der Waals surface area contributed by atoms with Crippen molar-refractivity contribution in [1.82, 2.24) is 19.5 Å². The number of ether oxygens (including phenoxy) is 1. The van der Waals surface area contributed by atoms with Crippen LogP contribution in [0.3, 0.4) is 0 Å². The molecule has 0 unspecified atom stereocenters. The summed E-state index contributed by atoms with van der Waals surface area (Å²) in [6.45, 7) is 0. The fourth-order valence-corrected chi connectivity index (χ4v) is 3.15. The van der Waals surface area contributed by atoms with Gasteiger partial charge >= 0.3 is 0 Å². The van der Waals surface area contributed by atoms with E-state index in [1.165, 1.54) is 0 Å². The van der Waals surface area contributed by atoms with Gasteiger partial charge in [-0.15, -0.1) is 0 Å². The number of rotatable bonds is 3. The number of halogens is 1. The molecule has 1 aromatic carbocycles. The molecular weight excluding hydrogens is 326 g/mol. The predicted molar refractivity (Wildman–Crippen MR) is 96.9 cm³/mol. The van der Waals surface area contributed by atoms with Crippen LogP contribution in [0.1, 0.15) is 0 Å². The van der Waals surface area contributed by atoms with E-state index in [2.05, 4.69) is 26.3 Å². The highest BCUT2D eigenvalue weighted by molar-refractivity contribution is 6.32. The van der Waals surface area contributed by atoms with E-state index in [0.29, 0.717) is 10.8 Å². The Bertz CT molecular complexity index is 1070. The second-order valence-electron chi connectivity index (χ2n) is 5.56. The number of nitrogens with zero attached hydrogens (tertiary/aromatic N) is 3. The molecule has 0 fully saturated rings. The number of aromatic amines is 1. The number of aryl methyl sites for hydroxylation is 1. The lowest BCUT2D eigenvalue weighted by molar-refractivity contribution is 0.415. The first-order chi connectivity index (χ1) is 11.6. The van der Waals surface area contributed by atoms with E-state index in [-0.39, 0.29) is 0 Å². The second-order valence-corrected chi connectivity index (χ2v) is 5.96. The molecular formula is C17H16ClN5O. The smallest absolute Gasteiger partial charge is 0.156 e. The van der Waals surface area contributed by atoms with Gasteiger partial charge in [-0.2, -0.15) is 0 Å². The highest BCUT2D eigenvalue weighted by Crippen LogP contribution is 2.34. The zero-order valence-electron chi connectivity index (χ0n) is 13.5. The summed E-state index contributed by atoms with van der Waals surface area (Å²) in [7, 11) is 5.43. The normalized spacial score (nSPS) is 11.3. The zero-order valence-corrected chi connectivity index (χ0v) is 14.3. The van der Waals surface area contributed by atoms with Crippen molar-refractivity contribution >= 4 is 39.5 Å². The monoisotopic (exact) mass is 341 g/mol. The van der Waals surface area contributed by atoms with Crippen LogP contribution in [0.4, 0.5) is 5.82 Å². The predicted octanol–water partition coefficient (Wildman–Crippen LogP) is 3.82. The second kappa shape index (κ2) is 5.42. The van der Waals surface area contributed by atoms with E-state index in [1.807, 2.05) is 36.9 Å². The van der Waals surface area contributed by atoms with Crippen molar-refractivity contribution in [1.29, 1.82) is 0 Å². The third-order valence-electron chi connectivity index (χ3n) is 4.14. The summed E-state index contributed by atoms with van der Waals surface area (Å²) in [6, 6.07) is 7.77. The molecule has 0 spiro atoms. The van der Waals surface area contributed by atoms with Gasteiger partial charge in [0.1, 0.15) is 16.9 Å². The molecule has 7 heteroatoms. The Balaban J connectivity index is 1.99. The minimum atomic E-state index is 0.585. The molecule has 3 heterocycles. The average molecular weight is 342 g/mol. The van der Waals surface area contributed by atoms with Crippen LogP contribution in [0.2, 0.25) is 5.02 Å². The summed E-state index contributed by atoms with van der Waals surface area (Å²) in [4.78, 5) is 12.5. The van der Waals surface area contributed by atoms with Crippen molar-refractivity contribution in [2.24, 2.45) is 7.05 Å². The third kappa shape index (κ3) is 2.11. The molecule has 0 atom stereocenters. The van der Waals surface area contributed by atoms with E-state index >= 15 is 0 Å². The number of benzene rings is 1. The van der Waals surface area contributed by atoms with Crippen molar-refractivity contribution in [3.05, 3.63) is 35.6 Å². The first-order valence-corrected chi connectivity index (χ1v) is 7.85. The van der Waals surface area contributed by atoms with E-state index in [9.17, 15) is 0 Å².